The maximum atomic E-state index is 11.9. The molecule has 28 heavy (non-hydrogen) atoms. The van der Waals surface area contributed by atoms with E-state index in [2.05, 4.69) is 5.32 Å². The predicted molar refractivity (Wildman–Crippen MR) is 107 cm³/mol. The third kappa shape index (κ3) is 6.87. The van der Waals surface area contributed by atoms with Crippen molar-refractivity contribution in [1.82, 2.24) is 0 Å². The Balaban J connectivity index is 1.65. The zero-order valence-electron chi connectivity index (χ0n) is 15.2. The second-order valence-electron chi connectivity index (χ2n) is 5.84. The molecule has 0 aliphatic rings. The Morgan fingerprint density at radius 2 is 1.64 bits per heavy atom. The van der Waals surface area contributed by atoms with Crippen LogP contribution < -0.4 is 10.1 Å². The van der Waals surface area contributed by atoms with E-state index in [9.17, 15) is 14.4 Å². The number of carbonyl (C=O) groups excluding carboxylic acids is 3. The molecule has 0 heterocycles. The number of rotatable bonds is 9. The number of nitrogens with one attached hydrogen (secondary N) is 1. The van der Waals surface area contributed by atoms with Gasteiger partial charge in [0.15, 0.2) is 12.4 Å². The number of amides is 1. The second-order valence-corrected chi connectivity index (χ2v) is 6.65. The molecular weight excluding hydrogens is 405 g/mol. The smallest absolute Gasteiger partial charge is 0.306 e. The van der Waals surface area contributed by atoms with E-state index >= 15 is 0 Å². The molecule has 0 fully saturated rings. The number of ketones is 1. The SMILES string of the molecule is CC(=O)c1ccc(OCCCC(=O)OCC(=O)Nc2c(Cl)cccc2Cl)cc1. The molecule has 0 aromatic heterocycles. The first-order valence-corrected chi connectivity index (χ1v) is 9.25. The molecule has 0 aliphatic heterocycles. The van der Waals surface area contributed by atoms with Crippen LogP contribution >= 0.6 is 23.2 Å². The van der Waals surface area contributed by atoms with Crippen LogP contribution in [0.2, 0.25) is 10.0 Å². The number of anilines is 1. The highest BCUT2D eigenvalue weighted by Gasteiger charge is 2.12. The molecule has 6 nitrogen and oxygen atoms in total. The molecule has 2 aromatic carbocycles. The Hall–Kier alpha value is -2.57. The summed E-state index contributed by atoms with van der Waals surface area (Å²) in [5, 5.41) is 3.09. The van der Waals surface area contributed by atoms with Gasteiger partial charge < -0.3 is 14.8 Å². The number of carbonyl (C=O) groups is 3. The first-order chi connectivity index (χ1) is 13.4. The monoisotopic (exact) mass is 423 g/mol. The van der Waals surface area contributed by atoms with Gasteiger partial charge in [0, 0.05) is 12.0 Å². The quantitative estimate of drug-likeness (QED) is 0.363. The number of para-hydroxylation sites is 1. The van der Waals surface area contributed by atoms with Crippen LogP contribution in [0.25, 0.3) is 0 Å². The maximum absolute atomic E-state index is 11.9. The molecule has 1 N–H and O–H groups in total. The third-order valence-corrected chi connectivity index (χ3v) is 4.28. The van der Waals surface area contributed by atoms with Crippen molar-refractivity contribution in [2.45, 2.75) is 19.8 Å². The summed E-state index contributed by atoms with van der Waals surface area (Å²) in [5.74, 6) is -0.467. The van der Waals surface area contributed by atoms with Gasteiger partial charge in [0.25, 0.3) is 5.91 Å². The normalized spacial score (nSPS) is 10.2. The lowest BCUT2D eigenvalue weighted by Crippen LogP contribution is -2.21. The summed E-state index contributed by atoms with van der Waals surface area (Å²) in [4.78, 5) is 34.8. The zero-order chi connectivity index (χ0) is 20.5. The van der Waals surface area contributed by atoms with E-state index in [4.69, 9.17) is 32.7 Å². The Kier molecular flexibility index (Phi) is 8.29. The molecule has 0 unspecified atom stereocenters. The topological polar surface area (TPSA) is 81.7 Å². The van der Waals surface area contributed by atoms with Crippen molar-refractivity contribution in [2.24, 2.45) is 0 Å². The summed E-state index contributed by atoms with van der Waals surface area (Å²) in [6, 6.07) is 11.6. The lowest BCUT2D eigenvalue weighted by Gasteiger charge is -2.10. The molecule has 2 aromatic rings. The van der Waals surface area contributed by atoms with Gasteiger partial charge in [-0.25, -0.2) is 0 Å². The van der Waals surface area contributed by atoms with Gasteiger partial charge in [-0.3, -0.25) is 14.4 Å². The van der Waals surface area contributed by atoms with Crippen LogP contribution in [0.15, 0.2) is 42.5 Å². The molecule has 148 valence electrons. The Morgan fingerprint density at radius 3 is 2.25 bits per heavy atom. The van der Waals surface area contributed by atoms with Crippen molar-refractivity contribution in [3.8, 4) is 5.75 Å². The number of halogens is 2. The average molecular weight is 424 g/mol. The summed E-state index contributed by atoms with van der Waals surface area (Å²) in [6.07, 6.45) is 0.525. The minimum absolute atomic E-state index is 0.0184. The standard InChI is InChI=1S/C20H19Cl2NO5/c1-13(24)14-7-9-15(10-8-14)27-11-3-6-19(26)28-12-18(25)23-20-16(21)4-2-5-17(20)22/h2,4-5,7-10H,3,6,11-12H2,1H3,(H,23,25). The maximum Gasteiger partial charge on any atom is 0.306 e. The molecule has 2 rings (SSSR count). The number of esters is 1. The first kappa shape index (κ1) is 21.7. The van der Waals surface area contributed by atoms with Gasteiger partial charge in [0.2, 0.25) is 0 Å². The van der Waals surface area contributed by atoms with E-state index in [0.717, 1.165) is 0 Å². The molecule has 0 bridgehead atoms. The Bertz CT molecular complexity index is 832. The van der Waals surface area contributed by atoms with Crippen LogP contribution in [-0.2, 0) is 14.3 Å². The zero-order valence-corrected chi connectivity index (χ0v) is 16.7. The van der Waals surface area contributed by atoms with Crippen LogP contribution in [0.4, 0.5) is 5.69 Å². The van der Waals surface area contributed by atoms with Gasteiger partial charge in [0.05, 0.1) is 22.3 Å². The van der Waals surface area contributed by atoms with Crippen molar-refractivity contribution in [1.29, 1.82) is 0 Å². The summed E-state index contributed by atoms with van der Waals surface area (Å²) in [5.41, 5.74) is 0.878. The van der Waals surface area contributed by atoms with E-state index in [1.54, 1.807) is 42.5 Å². The molecule has 0 saturated carbocycles. The molecule has 8 heteroatoms. The van der Waals surface area contributed by atoms with E-state index in [1.807, 2.05) is 0 Å². The Labute approximate surface area is 172 Å². The first-order valence-electron chi connectivity index (χ1n) is 8.50. The van der Waals surface area contributed by atoms with Gasteiger partial charge in [-0.05, 0) is 49.7 Å². The Morgan fingerprint density at radius 1 is 1.00 bits per heavy atom. The summed E-state index contributed by atoms with van der Waals surface area (Å²) in [7, 11) is 0. The minimum atomic E-state index is -0.537. The highest BCUT2D eigenvalue weighted by Crippen LogP contribution is 2.29. The van der Waals surface area contributed by atoms with E-state index < -0.39 is 18.5 Å². The molecule has 1 amide bonds. The highest BCUT2D eigenvalue weighted by atomic mass is 35.5. The summed E-state index contributed by atoms with van der Waals surface area (Å²) >= 11 is 11.9. The molecular formula is C20H19Cl2NO5. The summed E-state index contributed by atoms with van der Waals surface area (Å²) < 4.78 is 10.4. The van der Waals surface area contributed by atoms with Crippen molar-refractivity contribution >= 4 is 46.5 Å². The fourth-order valence-electron chi connectivity index (χ4n) is 2.20. The van der Waals surface area contributed by atoms with Gasteiger partial charge in [-0.2, -0.15) is 0 Å². The fourth-order valence-corrected chi connectivity index (χ4v) is 2.70. The van der Waals surface area contributed by atoms with Crippen molar-refractivity contribution in [3.63, 3.8) is 0 Å². The van der Waals surface area contributed by atoms with E-state index in [0.29, 0.717) is 34.4 Å². The van der Waals surface area contributed by atoms with Crippen LogP contribution in [0.3, 0.4) is 0 Å². The fraction of sp³-hybridized carbons (Fsp3) is 0.250. The van der Waals surface area contributed by atoms with Crippen molar-refractivity contribution in [3.05, 3.63) is 58.1 Å². The number of hydrogen-bond donors (Lipinski definition) is 1. The third-order valence-electron chi connectivity index (χ3n) is 3.65. The molecule has 0 spiro atoms. The van der Waals surface area contributed by atoms with Gasteiger partial charge in [-0.15, -0.1) is 0 Å². The molecule has 0 atom stereocenters. The van der Waals surface area contributed by atoms with Gasteiger partial charge in [0.1, 0.15) is 5.75 Å². The number of hydrogen-bond acceptors (Lipinski definition) is 5. The van der Waals surface area contributed by atoms with E-state index in [-0.39, 0.29) is 17.9 Å². The van der Waals surface area contributed by atoms with Crippen LogP contribution in [0, 0.1) is 0 Å². The number of Topliss-reactive ketones (excluding diaryl/α,β-unsaturated/α-hetero) is 1. The average Bonchev–Trinajstić information content (AvgIpc) is 2.67. The van der Waals surface area contributed by atoms with Crippen molar-refractivity contribution in [2.75, 3.05) is 18.5 Å². The lowest BCUT2D eigenvalue weighted by molar-refractivity contribution is -0.147. The second kappa shape index (κ2) is 10.7. The van der Waals surface area contributed by atoms with Crippen LogP contribution in [0.5, 0.6) is 5.75 Å². The highest BCUT2D eigenvalue weighted by molar-refractivity contribution is 6.39. The van der Waals surface area contributed by atoms with Crippen molar-refractivity contribution < 1.29 is 23.9 Å². The molecule has 0 aliphatic carbocycles. The summed E-state index contributed by atoms with van der Waals surface area (Å²) in [6.45, 7) is 1.36. The molecule has 0 saturated heterocycles. The lowest BCUT2D eigenvalue weighted by atomic mass is 10.1. The largest absolute Gasteiger partial charge is 0.494 e. The van der Waals surface area contributed by atoms with E-state index in [1.165, 1.54) is 6.92 Å². The predicted octanol–water partition coefficient (Wildman–Crippen LogP) is 4.54. The number of benzene rings is 2. The van der Waals surface area contributed by atoms with Gasteiger partial charge >= 0.3 is 5.97 Å². The number of ether oxygens (including phenoxy) is 2. The minimum Gasteiger partial charge on any atom is -0.494 e. The molecule has 0 radical (unpaired) electrons. The van der Waals surface area contributed by atoms with Gasteiger partial charge in [-0.1, -0.05) is 29.3 Å². The van der Waals surface area contributed by atoms with Crippen LogP contribution in [-0.4, -0.2) is 30.9 Å². The van der Waals surface area contributed by atoms with Crippen LogP contribution in [0.1, 0.15) is 30.1 Å².